The molecule has 0 aliphatic rings. The minimum Gasteiger partial charge on any atom is -0.477 e. The first kappa shape index (κ1) is 16.2. The first-order valence-electron chi connectivity index (χ1n) is 7.08. The van der Waals surface area contributed by atoms with Crippen molar-refractivity contribution in [1.29, 1.82) is 0 Å². The van der Waals surface area contributed by atoms with Gasteiger partial charge in [-0.15, -0.1) is 11.3 Å². The molecular weight excluding hydrogens is 302 g/mol. The number of hydrogen-bond donors (Lipinski definition) is 2. The predicted octanol–water partition coefficient (Wildman–Crippen LogP) is 2.60. The normalized spacial score (nSPS) is 10.7. The summed E-state index contributed by atoms with van der Waals surface area (Å²) in [6, 6.07) is 3.26. The molecule has 2 aromatic heterocycles. The van der Waals surface area contributed by atoms with Crippen LogP contribution in [0.4, 0.5) is 0 Å². The monoisotopic (exact) mass is 321 g/mol. The van der Waals surface area contributed by atoms with Crippen LogP contribution in [0.1, 0.15) is 49.6 Å². The number of rotatable bonds is 6. The van der Waals surface area contributed by atoms with Crippen molar-refractivity contribution in [3.05, 3.63) is 38.8 Å². The molecule has 2 N–H and O–H groups in total. The van der Waals surface area contributed by atoms with E-state index in [0.717, 1.165) is 34.9 Å². The lowest BCUT2D eigenvalue weighted by atomic mass is 10.2. The fourth-order valence-electron chi connectivity index (χ4n) is 2.30. The molecule has 7 heteroatoms. The maximum absolute atomic E-state index is 12.3. The molecule has 0 bridgehead atoms. The quantitative estimate of drug-likeness (QED) is 0.856. The number of thiophene rings is 1. The molecular formula is C15H19N3O3S. The van der Waals surface area contributed by atoms with Gasteiger partial charge in [-0.05, 0) is 32.4 Å². The molecule has 22 heavy (non-hydrogen) atoms. The van der Waals surface area contributed by atoms with Gasteiger partial charge in [-0.3, -0.25) is 9.48 Å². The highest BCUT2D eigenvalue weighted by Crippen LogP contribution is 2.17. The van der Waals surface area contributed by atoms with E-state index in [0.29, 0.717) is 17.8 Å². The summed E-state index contributed by atoms with van der Waals surface area (Å²) in [4.78, 5) is 24.3. The van der Waals surface area contributed by atoms with Crippen LogP contribution in [0.5, 0.6) is 0 Å². The Bertz CT molecular complexity index is 703. The van der Waals surface area contributed by atoms with E-state index in [4.69, 9.17) is 5.11 Å². The Morgan fingerprint density at radius 1 is 1.36 bits per heavy atom. The van der Waals surface area contributed by atoms with E-state index in [2.05, 4.69) is 17.3 Å². The second-order valence-electron chi connectivity index (χ2n) is 5.02. The molecule has 0 saturated carbocycles. The summed E-state index contributed by atoms with van der Waals surface area (Å²) < 4.78 is 1.85. The number of aromatic carboxylic acids is 1. The van der Waals surface area contributed by atoms with Crippen molar-refractivity contribution in [3.63, 3.8) is 0 Å². The zero-order valence-corrected chi connectivity index (χ0v) is 13.7. The van der Waals surface area contributed by atoms with Gasteiger partial charge in [0.1, 0.15) is 4.88 Å². The van der Waals surface area contributed by atoms with Gasteiger partial charge in [0.05, 0.1) is 17.8 Å². The van der Waals surface area contributed by atoms with Crippen LogP contribution >= 0.6 is 11.3 Å². The van der Waals surface area contributed by atoms with E-state index in [1.807, 2.05) is 18.5 Å². The lowest BCUT2D eigenvalue weighted by Gasteiger charge is -2.05. The highest BCUT2D eigenvalue weighted by Gasteiger charge is 2.18. The lowest BCUT2D eigenvalue weighted by molar-refractivity contribution is 0.0702. The maximum atomic E-state index is 12.3. The lowest BCUT2D eigenvalue weighted by Crippen LogP contribution is -2.23. The van der Waals surface area contributed by atoms with Crippen molar-refractivity contribution in [3.8, 4) is 0 Å². The van der Waals surface area contributed by atoms with Gasteiger partial charge in [0.15, 0.2) is 0 Å². The number of carbonyl (C=O) groups is 2. The number of nitrogens with one attached hydrogen (secondary N) is 1. The fourth-order valence-corrected chi connectivity index (χ4v) is 3.08. The van der Waals surface area contributed by atoms with Crippen molar-refractivity contribution in [2.75, 3.05) is 0 Å². The number of aryl methyl sites for hydroxylation is 2. The molecule has 2 aromatic rings. The molecule has 0 fully saturated rings. The van der Waals surface area contributed by atoms with E-state index in [1.54, 1.807) is 12.1 Å². The van der Waals surface area contributed by atoms with Gasteiger partial charge in [-0.2, -0.15) is 5.10 Å². The summed E-state index contributed by atoms with van der Waals surface area (Å²) in [5.74, 6) is -1.13. The molecule has 0 unspecified atom stereocenters. The molecule has 1 amide bonds. The summed E-state index contributed by atoms with van der Waals surface area (Å²) in [6.07, 6.45) is 0.955. The third kappa shape index (κ3) is 3.36. The second-order valence-corrected chi connectivity index (χ2v) is 6.19. The van der Waals surface area contributed by atoms with Crippen LogP contribution in [0, 0.1) is 13.8 Å². The van der Waals surface area contributed by atoms with E-state index in [1.165, 1.54) is 0 Å². The molecule has 0 aliphatic heterocycles. The van der Waals surface area contributed by atoms with Gasteiger partial charge >= 0.3 is 5.97 Å². The number of carbonyl (C=O) groups excluding carboxylic acids is 1. The highest BCUT2D eigenvalue weighted by atomic mass is 32.1. The van der Waals surface area contributed by atoms with Crippen molar-refractivity contribution in [1.82, 2.24) is 15.1 Å². The van der Waals surface area contributed by atoms with Crippen LogP contribution in [0.25, 0.3) is 0 Å². The summed E-state index contributed by atoms with van der Waals surface area (Å²) in [7, 11) is 0. The minimum atomic E-state index is -0.949. The standard InChI is InChI=1S/C15H19N3O3S/c1-4-7-18-10(3)13(9(2)17-18)14(19)16-8-11-5-6-12(22-11)15(20)21/h5-6H,4,7-8H2,1-3H3,(H,16,19)(H,20,21). The summed E-state index contributed by atoms with van der Waals surface area (Å²) in [5.41, 5.74) is 2.17. The molecule has 0 saturated heterocycles. The number of hydrogen-bond acceptors (Lipinski definition) is 4. The number of carboxylic acid groups (broad SMARTS) is 1. The minimum absolute atomic E-state index is 0.178. The van der Waals surface area contributed by atoms with E-state index < -0.39 is 5.97 Å². The molecule has 0 atom stereocenters. The molecule has 0 spiro atoms. The molecule has 0 aromatic carbocycles. The summed E-state index contributed by atoms with van der Waals surface area (Å²) in [5, 5.41) is 16.1. The Kier molecular flexibility index (Phi) is 4.97. The molecule has 0 radical (unpaired) electrons. The smallest absolute Gasteiger partial charge is 0.345 e. The van der Waals surface area contributed by atoms with Gasteiger partial charge in [-0.1, -0.05) is 6.92 Å². The summed E-state index contributed by atoms with van der Waals surface area (Å²) >= 11 is 1.16. The molecule has 118 valence electrons. The third-order valence-electron chi connectivity index (χ3n) is 3.34. The number of nitrogens with zero attached hydrogens (tertiary/aromatic N) is 2. The van der Waals surface area contributed by atoms with Crippen LogP contribution < -0.4 is 5.32 Å². The van der Waals surface area contributed by atoms with Gasteiger partial charge in [-0.25, -0.2) is 4.79 Å². The van der Waals surface area contributed by atoms with Crippen LogP contribution in [0.2, 0.25) is 0 Å². The molecule has 2 rings (SSSR count). The Morgan fingerprint density at radius 2 is 2.09 bits per heavy atom. The Labute approximate surface area is 132 Å². The SMILES string of the molecule is CCCn1nc(C)c(C(=O)NCc2ccc(C(=O)O)s2)c1C. The number of amides is 1. The zero-order valence-electron chi connectivity index (χ0n) is 12.8. The molecule has 6 nitrogen and oxygen atoms in total. The topological polar surface area (TPSA) is 84.2 Å². The van der Waals surface area contributed by atoms with Gasteiger partial charge < -0.3 is 10.4 Å². The number of carboxylic acids is 1. The average molecular weight is 321 g/mol. The Morgan fingerprint density at radius 3 is 2.68 bits per heavy atom. The average Bonchev–Trinajstić information content (AvgIpc) is 3.03. The van der Waals surface area contributed by atoms with E-state index >= 15 is 0 Å². The van der Waals surface area contributed by atoms with Crippen molar-refractivity contribution in [2.24, 2.45) is 0 Å². The first-order valence-corrected chi connectivity index (χ1v) is 7.89. The van der Waals surface area contributed by atoms with Crippen molar-refractivity contribution < 1.29 is 14.7 Å². The van der Waals surface area contributed by atoms with Crippen molar-refractivity contribution in [2.45, 2.75) is 40.3 Å². The van der Waals surface area contributed by atoms with Crippen LogP contribution in [0.15, 0.2) is 12.1 Å². The van der Waals surface area contributed by atoms with Crippen molar-refractivity contribution >= 4 is 23.2 Å². The van der Waals surface area contributed by atoms with Gasteiger partial charge in [0, 0.05) is 17.1 Å². The maximum Gasteiger partial charge on any atom is 0.345 e. The largest absolute Gasteiger partial charge is 0.477 e. The van der Waals surface area contributed by atoms with Gasteiger partial charge in [0.2, 0.25) is 0 Å². The predicted molar refractivity (Wildman–Crippen MR) is 84.4 cm³/mol. The number of aromatic nitrogens is 2. The second kappa shape index (κ2) is 6.74. The summed E-state index contributed by atoms with van der Waals surface area (Å²) in [6.45, 7) is 6.87. The Balaban J connectivity index is 2.07. The molecule has 0 aliphatic carbocycles. The molecule has 2 heterocycles. The van der Waals surface area contributed by atoms with Crippen LogP contribution in [-0.2, 0) is 13.1 Å². The van der Waals surface area contributed by atoms with Crippen LogP contribution in [-0.4, -0.2) is 26.8 Å². The van der Waals surface area contributed by atoms with E-state index in [-0.39, 0.29) is 10.8 Å². The van der Waals surface area contributed by atoms with Gasteiger partial charge in [0.25, 0.3) is 5.91 Å². The fraction of sp³-hybridized carbons (Fsp3) is 0.400. The van der Waals surface area contributed by atoms with Crippen LogP contribution in [0.3, 0.4) is 0 Å². The Hall–Kier alpha value is -2.15. The zero-order chi connectivity index (χ0) is 16.3. The first-order chi connectivity index (χ1) is 10.4. The highest BCUT2D eigenvalue weighted by molar-refractivity contribution is 7.13. The van der Waals surface area contributed by atoms with E-state index in [9.17, 15) is 9.59 Å². The third-order valence-corrected chi connectivity index (χ3v) is 4.41.